The number of ether oxygens (including phenoxy) is 2. The van der Waals surface area contributed by atoms with Crippen LogP contribution in [-0.2, 0) is 16.1 Å². The molecule has 1 aromatic carbocycles. The molecule has 0 bridgehead atoms. The number of hydrogen-bond donors (Lipinski definition) is 3. The van der Waals surface area contributed by atoms with Crippen LogP contribution in [-0.4, -0.2) is 35.2 Å². The van der Waals surface area contributed by atoms with Crippen molar-refractivity contribution in [3.63, 3.8) is 0 Å². The van der Waals surface area contributed by atoms with Crippen molar-refractivity contribution in [2.24, 2.45) is 0 Å². The van der Waals surface area contributed by atoms with Crippen LogP contribution in [0.4, 0.5) is 0 Å². The van der Waals surface area contributed by atoms with Crippen molar-refractivity contribution < 1.29 is 19.1 Å². The molecule has 3 N–H and O–H groups in total. The third-order valence-corrected chi connectivity index (χ3v) is 3.38. The number of H-pyrrole nitrogens is 1. The third kappa shape index (κ3) is 4.56. The van der Waals surface area contributed by atoms with E-state index in [2.05, 4.69) is 21.0 Å². The Morgan fingerprint density at radius 3 is 2.79 bits per heavy atom. The molecule has 2 amide bonds. The second kappa shape index (κ2) is 8.11. The number of rotatable bonds is 6. The number of benzene rings is 1. The van der Waals surface area contributed by atoms with Gasteiger partial charge in [-0.3, -0.25) is 25.5 Å². The van der Waals surface area contributed by atoms with Crippen LogP contribution in [0.1, 0.15) is 28.5 Å². The highest BCUT2D eigenvalue weighted by atomic mass is 16.5. The normalized spacial score (nSPS) is 11.6. The SMILES string of the molecule is COc1cccc(CO[C@@H](C)C(=O)NNC(=O)c2cn[nH]c2C)c1. The fourth-order valence-corrected chi connectivity index (χ4v) is 1.93. The Morgan fingerprint density at radius 2 is 2.12 bits per heavy atom. The van der Waals surface area contributed by atoms with E-state index in [0.29, 0.717) is 11.3 Å². The van der Waals surface area contributed by atoms with E-state index in [1.807, 2.05) is 24.3 Å². The number of aryl methyl sites for hydroxylation is 1. The van der Waals surface area contributed by atoms with E-state index in [9.17, 15) is 9.59 Å². The molecule has 2 aromatic rings. The molecule has 0 aliphatic carbocycles. The number of carbonyl (C=O) groups excluding carboxylic acids is 2. The van der Waals surface area contributed by atoms with Gasteiger partial charge in [-0.05, 0) is 31.5 Å². The van der Waals surface area contributed by atoms with Gasteiger partial charge in [0.25, 0.3) is 11.8 Å². The van der Waals surface area contributed by atoms with Gasteiger partial charge in [0, 0.05) is 5.69 Å². The summed E-state index contributed by atoms with van der Waals surface area (Å²) in [5.74, 6) is -0.182. The van der Waals surface area contributed by atoms with Gasteiger partial charge in [0.15, 0.2) is 0 Å². The number of amides is 2. The summed E-state index contributed by atoms with van der Waals surface area (Å²) in [7, 11) is 1.58. The topological polar surface area (TPSA) is 105 Å². The summed E-state index contributed by atoms with van der Waals surface area (Å²) in [5, 5.41) is 6.40. The second-order valence-corrected chi connectivity index (χ2v) is 5.16. The lowest BCUT2D eigenvalue weighted by atomic mass is 10.2. The maximum absolute atomic E-state index is 11.9. The zero-order chi connectivity index (χ0) is 17.5. The van der Waals surface area contributed by atoms with Gasteiger partial charge >= 0.3 is 0 Å². The molecule has 0 aliphatic heterocycles. The Bertz CT molecular complexity index is 714. The first-order valence-electron chi connectivity index (χ1n) is 7.36. The van der Waals surface area contributed by atoms with E-state index in [1.54, 1.807) is 21.0 Å². The Hall–Kier alpha value is -2.87. The fraction of sp³-hybridized carbons (Fsp3) is 0.312. The lowest BCUT2D eigenvalue weighted by molar-refractivity contribution is -0.133. The van der Waals surface area contributed by atoms with Crippen molar-refractivity contribution in [1.82, 2.24) is 21.0 Å². The Morgan fingerprint density at radius 1 is 1.33 bits per heavy atom. The lowest BCUT2D eigenvalue weighted by Gasteiger charge is -2.14. The van der Waals surface area contributed by atoms with Crippen molar-refractivity contribution >= 4 is 11.8 Å². The minimum atomic E-state index is -0.734. The Labute approximate surface area is 139 Å². The van der Waals surface area contributed by atoms with Crippen LogP contribution in [0.15, 0.2) is 30.5 Å². The van der Waals surface area contributed by atoms with Crippen LogP contribution in [0.2, 0.25) is 0 Å². The highest BCUT2D eigenvalue weighted by molar-refractivity contribution is 5.96. The summed E-state index contributed by atoms with van der Waals surface area (Å²) in [6, 6.07) is 7.37. The van der Waals surface area contributed by atoms with Crippen LogP contribution in [0.25, 0.3) is 0 Å². The van der Waals surface area contributed by atoms with Gasteiger partial charge in [-0.1, -0.05) is 12.1 Å². The van der Waals surface area contributed by atoms with Gasteiger partial charge in [0.1, 0.15) is 11.9 Å². The molecule has 2 rings (SSSR count). The largest absolute Gasteiger partial charge is 0.497 e. The molecule has 8 heteroatoms. The molecule has 0 aliphatic rings. The summed E-state index contributed by atoms with van der Waals surface area (Å²) in [4.78, 5) is 23.8. The van der Waals surface area contributed by atoms with E-state index in [1.165, 1.54) is 6.20 Å². The third-order valence-electron chi connectivity index (χ3n) is 3.38. The average molecular weight is 332 g/mol. The highest BCUT2D eigenvalue weighted by Crippen LogP contribution is 2.13. The molecule has 8 nitrogen and oxygen atoms in total. The summed E-state index contributed by atoms with van der Waals surface area (Å²) in [6.07, 6.45) is 0.654. The number of nitrogens with zero attached hydrogens (tertiary/aromatic N) is 1. The zero-order valence-electron chi connectivity index (χ0n) is 13.8. The van der Waals surface area contributed by atoms with Gasteiger partial charge in [-0.25, -0.2) is 0 Å². The molecule has 24 heavy (non-hydrogen) atoms. The number of aromatic nitrogens is 2. The highest BCUT2D eigenvalue weighted by Gasteiger charge is 2.16. The first-order valence-corrected chi connectivity index (χ1v) is 7.36. The number of hydrogen-bond acceptors (Lipinski definition) is 5. The minimum Gasteiger partial charge on any atom is -0.497 e. The first kappa shape index (κ1) is 17.5. The van der Waals surface area contributed by atoms with Crippen molar-refractivity contribution in [2.45, 2.75) is 26.6 Å². The number of hydrazine groups is 1. The Balaban J connectivity index is 1.79. The fourth-order valence-electron chi connectivity index (χ4n) is 1.93. The molecule has 128 valence electrons. The van der Waals surface area contributed by atoms with Gasteiger partial charge in [-0.15, -0.1) is 0 Å². The zero-order valence-corrected chi connectivity index (χ0v) is 13.8. The van der Waals surface area contributed by atoms with Crippen LogP contribution < -0.4 is 15.6 Å². The molecule has 0 saturated carbocycles. The van der Waals surface area contributed by atoms with E-state index < -0.39 is 17.9 Å². The molecular weight excluding hydrogens is 312 g/mol. The van der Waals surface area contributed by atoms with Crippen molar-refractivity contribution in [1.29, 1.82) is 0 Å². The second-order valence-electron chi connectivity index (χ2n) is 5.16. The van der Waals surface area contributed by atoms with Crippen molar-refractivity contribution in [3.05, 3.63) is 47.3 Å². The monoisotopic (exact) mass is 332 g/mol. The quantitative estimate of drug-likeness (QED) is 0.687. The summed E-state index contributed by atoms with van der Waals surface area (Å²) in [5.41, 5.74) is 6.51. The molecule has 0 unspecified atom stereocenters. The van der Waals surface area contributed by atoms with Gasteiger partial charge < -0.3 is 9.47 Å². The molecule has 1 heterocycles. The first-order chi connectivity index (χ1) is 11.5. The number of aromatic amines is 1. The lowest BCUT2D eigenvalue weighted by Crippen LogP contribution is -2.46. The smallest absolute Gasteiger partial charge is 0.273 e. The summed E-state index contributed by atoms with van der Waals surface area (Å²) < 4.78 is 10.6. The molecular formula is C16H20N4O4. The summed E-state index contributed by atoms with van der Waals surface area (Å²) in [6.45, 7) is 3.56. The maximum Gasteiger partial charge on any atom is 0.273 e. The van der Waals surface area contributed by atoms with E-state index >= 15 is 0 Å². The van der Waals surface area contributed by atoms with Crippen molar-refractivity contribution in [2.75, 3.05) is 7.11 Å². The average Bonchev–Trinajstić information content (AvgIpc) is 3.03. The standard InChI is InChI=1S/C16H20N4O4/c1-10-14(8-17-18-10)16(22)20-19-15(21)11(2)24-9-12-5-4-6-13(7-12)23-3/h4-8,11H,9H2,1-3H3,(H,17,18)(H,19,21)(H,20,22)/t11-/m0/s1. The van der Waals surface area contributed by atoms with Gasteiger partial charge in [0.2, 0.25) is 0 Å². The Kier molecular flexibility index (Phi) is 5.91. The minimum absolute atomic E-state index is 0.251. The van der Waals surface area contributed by atoms with Crippen molar-refractivity contribution in [3.8, 4) is 5.75 Å². The van der Waals surface area contributed by atoms with E-state index in [-0.39, 0.29) is 6.61 Å². The molecule has 0 radical (unpaired) electrons. The van der Waals surface area contributed by atoms with Crippen LogP contribution in [0, 0.1) is 6.92 Å². The molecule has 1 aromatic heterocycles. The van der Waals surface area contributed by atoms with Gasteiger partial charge in [-0.2, -0.15) is 5.10 Å². The summed E-state index contributed by atoms with van der Waals surface area (Å²) >= 11 is 0. The predicted molar refractivity (Wildman–Crippen MR) is 86.2 cm³/mol. The van der Waals surface area contributed by atoms with Crippen LogP contribution in [0.3, 0.4) is 0 Å². The van der Waals surface area contributed by atoms with Crippen LogP contribution in [0.5, 0.6) is 5.75 Å². The molecule has 1 atom stereocenters. The molecule has 0 fully saturated rings. The number of methoxy groups -OCH3 is 1. The van der Waals surface area contributed by atoms with E-state index in [4.69, 9.17) is 9.47 Å². The predicted octanol–water partition coefficient (Wildman–Crippen LogP) is 1.09. The molecule has 0 saturated heterocycles. The number of nitrogens with one attached hydrogen (secondary N) is 3. The van der Waals surface area contributed by atoms with Gasteiger partial charge in [0.05, 0.1) is 25.5 Å². The van der Waals surface area contributed by atoms with Crippen LogP contribution >= 0.6 is 0 Å². The molecule has 0 spiro atoms. The van der Waals surface area contributed by atoms with E-state index in [0.717, 1.165) is 11.3 Å². The number of carbonyl (C=O) groups is 2. The maximum atomic E-state index is 11.9.